The van der Waals surface area contributed by atoms with E-state index in [9.17, 15) is 14.7 Å². The Bertz CT molecular complexity index is 871. The Morgan fingerprint density at radius 3 is 2.17 bits per heavy atom. The minimum Gasteiger partial charge on any atom is -0.497 e. The molecule has 2 aromatic rings. The summed E-state index contributed by atoms with van der Waals surface area (Å²) in [6.45, 7) is 5.46. The van der Waals surface area contributed by atoms with Crippen LogP contribution in [-0.4, -0.2) is 60.8 Å². The predicted octanol–water partition coefficient (Wildman–Crippen LogP) is 2.90. The molecule has 0 spiro atoms. The molecule has 0 bridgehead atoms. The molecule has 154 valence electrons. The van der Waals surface area contributed by atoms with Gasteiger partial charge in [-0.15, -0.1) is 0 Å². The summed E-state index contributed by atoms with van der Waals surface area (Å²) in [5.74, 6) is 0.202. The Morgan fingerprint density at radius 1 is 0.966 bits per heavy atom. The fourth-order valence-corrected chi connectivity index (χ4v) is 3.19. The minimum atomic E-state index is -1.33. The highest BCUT2D eigenvalue weighted by atomic mass is 16.5. The van der Waals surface area contributed by atoms with E-state index in [0.717, 1.165) is 5.69 Å². The lowest BCUT2D eigenvalue weighted by Crippen LogP contribution is -2.49. The number of carbonyl (C=O) groups is 2. The van der Waals surface area contributed by atoms with Crippen LogP contribution < -0.4 is 14.4 Å². The van der Waals surface area contributed by atoms with Gasteiger partial charge < -0.3 is 24.4 Å². The lowest BCUT2D eigenvalue weighted by molar-refractivity contribution is -0.152. The number of hydrogen-bond donors (Lipinski definition) is 1. The summed E-state index contributed by atoms with van der Waals surface area (Å²) in [7, 11) is 1.59. The van der Waals surface area contributed by atoms with Crippen molar-refractivity contribution in [3.8, 4) is 11.5 Å². The first kappa shape index (κ1) is 20.5. The van der Waals surface area contributed by atoms with Gasteiger partial charge in [-0.2, -0.15) is 0 Å². The van der Waals surface area contributed by atoms with Gasteiger partial charge in [-0.25, -0.2) is 4.79 Å². The molecule has 1 N–H and O–H groups in total. The Morgan fingerprint density at radius 2 is 1.59 bits per heavy atom. The minimum absolute atomic E-state index is 0.0103. The lowest BCUT2D eigenvalue weighted by atomic mass is 10.1. The molecule has 1 amide bonds. The normalized spacial score (nSPS) is 14.4. The first-order valence-electron chi connectivity index (χ1n) is 9.51. The Hall–Kier alpha value is -3.22. The van der Waals surface area contributed by atoms with Crippen molar-refractivity contribution in [2.45, 2.75) is 19.4 Å². The molecule has 0 unspecified atom stereocenters. The molecule has 1 saturated heterocycles. The maximum absolute atomic E-state index is 12.7. The van der Waals surface area contributed by atoms with Crippen molar-refractivity contribution < 1.29 is 24.2 Å². The van der Waals surface area contributed by atoms with E-state index < -0.39 is 11.6 Å². The highest BCUT2D eigenvalue weighted by Gasteiger charge is 2.31. The van der Waals surface area contributed by atoms with E-state index in [4.69, 9.17) is 9.47 Å². The molecule has 29 heavy (non-hydrogen) atoms. The van der Waals surface area contributed by atoms with Crippen molar-refractivity contribution >= 4 is 17.6 Å². The molecule has 3 rings (SSSR count). The summed E-state index contributed by atoms with van der Waals surface area (Å²) < 4.78 is 10.9. The van der Waals surface area contributed by atoms with Crippen LogP contribution in [0.25, 0.3) is 0 Å². The second-order valence-electron chi connectivity index (χ2n) is 7.39. The molecular weight excluding hydrogens is 372 g/mol. The van der Waals surface area contributed by atoms with Gasteiger partial charge in [-0.1, -0.05) is 12.1 Å². The number of aliphatic carboxylic acids is 1. The van der Waals surface area contributed by atoms with Gasteiger partial charge in [0.2, 0.25) is 0 Å². The molecule has 1 fully saturated rings. The van der Waals surface area contributed by atoms with Crippen molar-refractivity contribution in [3.05, 3.63) is 54.1 Å². The Labute approximate surface area is 170 Å². The van der Waals surface area contributed by atoms with Crippen molar-refractivity contribution in [3.63, 3.8) is 0 Å². The van der Waals surface area contributed by atoms with E-state index in [2.05, 4.69) is 4.90 Å². The highest BCUT2D eigenvalue weighted by molar-refractivity contribution is 5.94. The van der Waals surface area contributed by atoms with Crippen LogP contribution in [0.3, 0.4) is 0 Å². The molecule has 0 radical (unpaired) electrons. The quantitative estimate of drug-likeness (QED) is 0.806. The number of benzene rings is 2. The maximum Gasteiger partial charge on any atom is 0.347 e. The number of carboxylic acids is 1. The number of carboxylic acid groups (broad SMARTS) is 1. The van der Waals surface area contributed by atoms with E-state index >= 15 is 0 Å². The molecule has 0 atom stereocenters. The number of hydrogen-bond acceptors (Lipinski definition) is 5. The number of para-hydroxylation sites is 2. The number of nitrogens with zero attached hydrogens (tertiary/aromatic N) is 2. The lowest BCUT2D eigenvalue weighted by Gasteiger charge is -2.37. The van der Waals surface area contributed by atoms with Crippen LogP contribution in [0.15, 0.2) is 48.5 Å². The fraction of sp³-hybridized carbons (Fsp3) is 0.364. The summed E-state index contributed by atoms with van der Waals surface area (Å²) >= 11 is 0. The summed E-state index contributed by atoms with van der Waals surface area (Å²) in [4.78, 5) is 28.1. The first-order chi connectivity index (χ1) is 13.8. The van der Waals surface area contributed by atoms with Crippen molar-refractivity contribution in [1.82, 2.24) is 4.90 Å². The van der Waals surface area contributed by atoms with E-state index in [1.165, 1.54) is 13.8 Å². The number of piperazine rings is 1. The van der Waals surface area contributed by atoms with Gasteiger partial charge in [0.25, 0.3) is 5.91 Å². The summed E-state index contributed by atoms with van der Waals surface area (Å²) in [5, 5.41) is 9.35. The third kappa shape index (κ3) is 4.62. The van der Waals surface area contributed by atoms with Crippen molar-refractivity contribution in [1.29, 1.82) is 0 Å². The number of amides is 1. The van der Waals surface area contributed by atoms with Gasteiger partial charge in [0.1, 0.15) is 11.5 Å². The molecule has 7 heteroatoms. The van der Waals surface area contributed by atoms with Gasteiger partial charge >= 0.3 is 5.97 Å². The van der Waals surface area contributed by atoms with E-state index in [0.29, 0.717) is 43.2 Å². The maximum atomic E-state index is 12.7. The second kappa shape index (κ2) is 8.43. The zero-order valence-corrected chi connectivity index (χ0v) is 16.9. The predicted molar refractivity (Wildman–Crippen MR) is 110 cm³/mol. The SMILES string of the molecule is COc1ccc(C(=O)N2CCN(c3ccccc3OC(C)(C)C(=O)O)CC2)cc1. The number of rotatable bonds is 6. The second-order valence-corrected chi connectivity index (χ2v) is 7.39. The number of methoxy groups -OCH3 is 1. The van der Waals surface area contributed by atoms with Gasteiger partial charge in [0, 0.05) is 31.7 Å². The van der Waals surface area contributed by atoms with Crippen LogP contribution in [0.4, 0.5) is 5.69 Å². The van der Waals surface area contributed by atoms with E-state index in [1.807, 2.05) is 23.1 Å². The zero-order valence-electron chi connectivity index (χ0n) is 16.9. The molecule has 0 aliphatic carbocycles. The summed E-state index contributed by atoms with van der Waals surface area (Å²) in [6, 6.07) is 14.5. The van der Waals surface area contributed by atoms with Crippen LogP contribution in [-0.2, 0) is 4.79 Å². The Kier molecular flexibility index (Phi) is 5.96. The van der Waals surface area contributed by atoms with Crippen LogP contribution in [0.2, 0.25) is 0 Å². The zero-order chi connectivity index (χ0) is 21.0. The van der Waals surface area contributed by atoms with Gasteiger partial charge in [-0.3, -0.25) is 4.79 Å². The molecule has 1 aliphatic heterocycles. The molecule has 0 aromatic heterocycles. The molecular formula is C22H26N2O5. The third-order valence-corrected chi connectivity index (χ3v) is 4.99. The monoisotopic (exact) mass is 398 g/mol. The smallest absolute Gasteiger partial charge is 0.347 e. The van der Waals surface area contributed by atoms with Gasteiger partial charge in [0.05, 0.1) is 12.8 Å². The van der Waals surface area contributed by atoms with Crippen molar-refractivity contribution in [2.75, 3.05) is 38.2 Å². The number of ether oxygens (including phenoxy) is 2. The standard InChI is InChI=1S/C22H26N2O5/c1-22(2,21(26)27)29-19-7-5-4-6-18(19)23-12-14-24(15-13-23)20(25)16-8-10-17(28-3)11-9-16/h4-11H,12-15H2,1-3H3,(H,26,27). The fourth-order valence-electron chi connectivity index (χ4n) is 3.19. The molecule has 1 heterocycles. The summed E-state index contributed by atoms with van der Waals surface area (Å²) in [6.07, 6.45) is 0. The average molecular weight is 398 g/mol. The largest absolute Gasteiger partial charge is 0.497 e. The van der Waals surface area contributed by atoms with Crippen LogP contribution in [0, 0.1) is 0 Å². The summed E-state index contributed by atoms with van der Waals surface area (Å²) in [5.41, 5.74) is 0.131. The highest BCUT2D eigenvalue weighted by Crippen LogP contribution is 2.32. The number of carbonyl (C=O) groups excluding carboxylic acids is 1. The van der Waals surface area contributed by atoms with Crippen LogP contribution in [0.5, 0.6) is 11.5 Å². The van der Waals surface area contributed by atoms with E-state index in [1.54, 1.807) is 37.4 Å². The topological polar surface area (TPSA) is 79.3 Å². The van der Waals surface area contributed by atoms with Gasteiger partial charge in [-0.05, 0) is 50.2 Å². The first-order valence-corrected chi connectivity index (χ1v) is 9.51. The molecule has 2 aromatic carbocycles. The van der Waals surface area contributed by atoms with Crippen molar-refractivity contribution in [2.24, 2.45) is 0 Å². The Balaban J connectivity index is 1.68. The molecule has 0 saturated carbocycles. The third-order valence-electron chi connectivity index (χ3n) is 4.99. The van der Waals surface area contributed by atoms with Crippen LogP contribution >= 0.6 is 0 Å². The van der Waals surface area contributed by atoms with E-state index in [-0.39, 0.29) is 5.91 Å². The molecule has 7 nitrogen and oxygen atoms in total. The van der Waals surface area contributed by atoms with Gasteiger partial charge in [0.15, 0.2) is 5.60 Å². The van der Waals surface area contributed by atoms with Crippen LogP contribution in [0.1, 0.15) is 24.2 Å². The number of anilines is 1. The molecule has 1 aliphatic rings. The average Bonchev–Trinajstić information content (AvgIpc) is 2.73.